The molecule has 0 aliphatic heterocycles. The van der Waals surface area contributed by atoms with Gasteiger partial charge in [0.25, 0.3) is 5.91 Å². The summed E-state index contributed by atoms with van der Waals surface area (Å²) in [5.41, 5.74) is -0.461. The molecule has 0 unspecified atom stereocenters. The molecule has 6 nitrogen and oxygen atoms in total. The number of carbonyl (C=O) groups is 1. The number of nitrogens with zero attached hydrogens (tertiary/aromatic N) is 4. The lowest BCUT2D eigenvalue weighted by atomic mass is 10.1. The molecule has 0 atom stereocenters. The average molecular weight is 508 g/mol. The summed E-state index contributed by atoms with van der Waals surface area (Å²) in [4.78, 5) is 26.9. The van der Waals surface area contributed by atoms with Gasteiger partial charge in [-0.1, -0.05) is 6.07 Å². The Bertz CT molecular complexity index is 1200. The summed E-state index contributed by atoms with van der Waals surface area (Å²) in [6.45, 7) is 1.26. The van der Waals surface area contributed by atoms with Gasteiger partial charge in [0.2, 0.25) is 0 Å². The lowest BCUT2D eigenvalue weighted by molar-refractivity contribution is -0.137. The van der Waals surface area contributed by atoms with Gasteiger partial charge in [0, 0.05) is 36.3 Å². The first-order valence-corrected chi connectivity index (χ1v) is 11.3. The van der Waals surface area contributed by atoms with Crippen molar-refractivity contribution >= 4 is 5.91 Å². The molecule has 0 fully saturated rings. The number of carbonyl (C=O) groups excluding carboxylic acids is 1. The third-order valence-electron chi connectivity index (χ3n) is 5.32. The van der Waals surface area contributed by atoms with Crippen molar-refractivity contribution < 1.29 is 26.7 Å². The number of amides is 1. The molecule has 2 heterocycles. The zero-order chi connectivity index (χ0) is 26.3. The third kappa shape index (κ3) is 7.77. The zero-order valence-corrected chi connectivity index (χ0v) is 19.9. The van der Waals surface area contributed by atoms with Crippen molar-refractivity contribution in [2.75, 3.05) is 27.2 Å². The number of halogens is 5. The number of hydrogen-bond acceptors (Lipinski definition) is 5. The highest BCUT2D eigenvalue weighted by Crippen LogP contribution is 2.30. The van der Waals surface area contributed by atoms with Gasteiger partial charge in [-0.3, -0.25) is 9.78 Å². The normalized spacial score (nSPS) is 11.7. The van der Waals surface area contributed by atoms with Crippen LogP contribution < -0.4 is 5.32 Å². The highest BCUT2D eigenvalue weighted by Gasteiger charge is 2.31. The number of unbranched alkanes of at least 4 members (excludes halogenated alkanes) is 1. The SMILES string of the molecule is CN(C)CCCCNC(=O)c1cc(CCc2ccc(F)cc2F)nc(-c2cncc(C(F)(F)F)c2)n1. The molecule has 0 radical (unpaired) electrons. The second-order valence-corrected chi connectivity index (χ2v) is 8.53. The summed E-state index contributed by atoms with van der Waals surface area (Å²) in [6, 6.07) is 5.48. The van der Waals surface area contributed by atoms with Crippen LogP contribution in [0, 0.1) is 11.6 Å². The molecule has 1 amide bonds. The number of aromatic nitrogens is 3. The third-order valence-corrected chi connectivity index (χ3v) is 5.32. The van der Waals surface area contributed by atoms with E-state index >= 15 is 0 Å². The number of hydrogen-bond donors (Lipinski definition) is 1. The molecule has 192 valence electrons. The highest BCUT2D eigenvalue weighted by atomic mass is 19.4. The monoisotopic (exact) mass is 507 g/mol. The molecule has 3 aromatic rings. The quantitative estimate of drug-likeness (QED) is 0.319. The van der Waals surface area contributed by atoms with E-state index in [1.165, 1.54) is 18.3 Å². The maximum atomic E-state index is 14.1. The molecule has 1 aromatic carbocycles. The highest BCUT2D eigenvalue weighted by molar-refractivity contribution is 5.92. The van der Waals surface area contributed by atoms with Crippen LogP contribution in [0.4, 0.5) is 22.0 Å². The molecule has 11 heteroatoms. The van der Waals surface area contributed by atoms with Gasteiger partial charge in [0.1, 0.15) is 17.3 Å². The topological polar surface area (TPSA) is 71.0 Å². The molecule has 36 heavy (non-hydrogen) atoms. The smallest absolute Gasteiger partial charge is 0.351 e. The molecule has 2 aromatic heterocycles. The standard InChI is InChI=1S/C25H26F5N5O/c1-35(2)10-4-3-9-32-24(36)22-13-20(8-6-16-5-7-19(26)12-21(16)27)33-23(34-22)17-11-18(15-31-14-17)25(28,29)30/h5,7,11-15H,3-4,6,8-10H2,1-2H3,(H,32,36). The predicted molar refractivity (Wildman–Crippen MR) is 124 cm³/mol. The van der Waals surface area contributed by atoms with Crippen LogP contribution >= 0.6 is 0 Å². The van der Waals surface area contributed by atoms with Gasteiger partial charge in [-0.15, -0.1) is 0 Å². The maximum Gasteiger partial charge on any atom is 0.417 e. The Kier molecular flexibility index (Phi) is 9.03. The average Bonchev–Trinajstić information content (AvgIpc) is 2.82. The van der Waals surface area contributed by atoms with Crippen molar-refractivity contribution in [3.63, 3.8) is 0 Å². The first-order valence-electron chi connectivity index (χ1n) is 11.3. The van der Waals surface area contributed by atoms with Gasteiger partial charge in [0.15, 0.2) is 5.82 Å². The van der Waals surface area contributed by atoms with Crippen LogP contribution in [0.15, 0.2) is 42.7 Å². The maximum absolute atomic E-state index is 14.1. The van der Waals surface area contributed by atoms with Gasteiger partial charge < -0.3 is 10.2 Å². The van der Waals surface area contributed by atoms with E-state index in [9.17, 15) is 26.7 Å². The molecule has 0 saturated carbocycles. The predicted octanol–water partition coefficient (Wildman–Crippen LogP) is 4.69. The van der Waals surface area contributed by atoms with Gasteiger partial charge in [0.05, 0.1) is 5.56 Å². The van der Waals surface area contributed by atoms with Gasteiger partial charge in [-0.25, -0.2) is 18.7 Å². The Morgan fingerprint density at radius 2 is 1.78 bits per heavy atom. The van der Waals surface area contributed by atoms with Gasteiger partial charge in [-0.05, 0) is 70.1 Å². The van der Waals surface area contributed by atoms with Crippen LogP contribution in [0.1, 0.15) is 40.2 Å². The Hall–Kier alpha value is -3.47. The molecule has 0 bridgehead atoms. The van der Waals surface area contributed by atoms with Crippen molar-refractivity contribution in [1.82, 2.24) is 25.2 Å². The van der Waals surface area contributed by atoms with E-state index in [0.29, 0.717) is 18.4 Å². The second kappa shape index (κ2) is 12.0. The number of aryl methyl sites for hydroxylation is 2. The molecular weight excluding hydrogens is 481 g/mol. The minimum Gasteiger partial charge on any atom is -0.351 e. The van der Waals surface area contributed by atoms with E-state index in [1.54, 1.807) is 0 Å². The summed E-state index contributed by atoms with van der Waals surface area (Å²) >= 11 is 0. The van der Waals surface area contributed by atoms with Crippen LogP contribution in [-0.2, 0) is 19.0 Å². The minimum absolute atomic E-state index is 0.0142. The first-order chi connectivity index (χ1) is 17.0. The van der Waals surface area contributed by atoms with Crippen LogP contribution in [0.5, 0.6) is 0 Å². The molecule has 0 aliphatic rings. The fourth-order valence-electron chi connectivity index (χ4n) is 3.42. The zero-order valence-electron chi connectivity index (χ0n) is 19.9. The van der Waals surface area contributed by atoms with Crippen LogP contribution in [0.2, 0.25) is 0 Å². The fraction of sp³-hybridized carbons (Fsp3) is 0.360. The molecule has 0 saturated heterocycles. The summed E-state index contributed by atoms with van der Waals surface area (Å²) in [5.74, 6) is -2.04. The van der Waals surface area contributed by atoms with Crippen molar-refractivity contribution in [1.29, 1.82) is 0 Å². The van der Waals surface area contributed by atoms with Crippen molar-refractivity contribution in [3.8, 4) is 11.4 Å². The molecular formula is C25H26F5N5O. The number of benzene rings is 1. The minimum atomic E-state index is -4.62. The van der Waals surface area contributed by atoms with Crippen LogP contribution in [0.25, 0.3) is 11.4 Å². The molecule has 0 aliphatic carbocycles. The number of pyridine rings is 1. The van der Waals surface area contributed by atoms with Crippen LogP contribution in [0.3, 0.4) is 0 Å². The summed E-state index contributed by atoms with van der Waals surface area (Å²) in [6.07, 6.45) is -0.873. The lowest BCUT2D eigenvalue weighted by Crippen LogP contribution is -2.26. The van der Waals surface area contributed by atoms with Gasteiger partial charge >= 0.3 is 6.18 Å². The van der Waals surface area contributed by atoms with Crippen molar-refractivity contribution in [2.24, 2.45) is 0 Å². The fourth-order valence-corrected chi connectivity index (χ4v) is 3.42. The van der Waals surface area contributed by atoms with E-state index in [1.807, 2.05) is 19.0 Å². The number of alkyl halides is 3. The number of rotatable bonds is 10. The van der Waals surface area contributed by atoms with E-state index in [-0.39, 0.29) is 35.5 Å². The summed E-state index contributed by atoms with van der Waals surface area (Å²) in [5, 5.41) is 2.76. The Balaban J connectivity index is 1.86. The first kappa shape index (κ1) is 27.1. The van der Waals surface area contributed by atoms with Crippen molar-refractivity contribution in [3.05, 3.63) is 76.9 Å². The molecule has 1 N–H and O–H groups in total. The number of nitrogens with one attached hydrogen (secondary N) is 1. The summed E-state index contributed by atoms with van der Waals surface area (Å²) < 4.78 is 66.8. The van der Waals surface area contributed by atoms with E-state index in [0.717, 1.165) is 37.6 Å². The van der Waals surface area contributed by atoms with E-state index in [2.05, 4.69) is 20.3 Å². The van der Waals surface area contributed by atoms with Gasteiger partial charge in [-0.2, -0.15) is 13.2 Å². The van der Waals surface area contributed by atoms with E-state index < -0.39 is 29.3 Å². The largest absolute Gasteiger partial charge is 0.417 e. The summed E-state index contributed by atoms with van der Waals surface area (Å²) in [7, 11) is 3.89. The lowest BCUT2D eigenvalue weighted by Gasteiger charge is -2.12. The second-order valence-electron chi connectivity index (χ2n) is 8.53. The Morgan fingerprint density at radius 1 is 1.00 bits per heavy atom. The molecule has 0 spiro atoms. The van der Waals surface area contributed by atoms with E-state index in [4.69, 9.17) is 0 Å². The molecule has 3 rings (SSSR count). The Labute approximate surface area is 205 Å². The van der Waals surface area contributed by atoms with Crippen molar-refractivity contribution in [2.45, 2.75) is 31.9 Å². The Morgan fingerprint density at radius 3 is 2.47 bits per heavy atom. The van der Waals surface area contributed by atoms with Crippen LogP contribution in [-0.4, -0.2) is 52.9 Å².